The molecule has 108 valence electrons. The third-order valence-electron chi connectivity index (χ3n) is 3.28. The van der Waals surface area contributed by atoms with Crippen LogP contribution in [0.3, 0.4) is 0 Å². The number of aliphatic carboxylic acids is 1. The minimum Gasteiger partial charge on any atom is -0.480 e. The number of carboxylic acids is 1. The molecule has 0 bridgehead atoms. The second-order valence-corrected chi connectivity index (χ2v) is 4.74. The Morgan fingerprint density at radius 3 is 2.63 bits per heavy atom. The van der Waals surface area contributed by atoms with Crippen molar-refractivity contribution in [2.75, 3.05) is 13.1 Å². The van der Waals surface area contributed by atoms with E-state index in [9.17, 15) is 14.4 Å². The first-order valence-electron chi connectivity index (χ1n) is 6.85. The van der Waals surface area contributed by atoms with Crippen LogP contribution in [-0.4, -0.2) is 46.9 Å². The highest BCUT2D eigenvalue weighted by Crippen LogP contribution is 2.18. The standard InChI is InChI=1S/C13H22N2O4/c1-2-14-11(16)7-5-8-12(17)15-9-4-3-6-10(15)13(18)19/h10H,2-9H2,1H3,(H,14,16)(H,18,19). The molecule has 1 saturated heterocycles. The van der Waals surface area contributed by atoms with Crippen LogP contribution in [0.5, 0.6) is 0 Å². The summed E-state index contributed by atoms with van der Waals surface area (Å²) in [6.07, 6.45) is 3.24. The zero-order chi connectivity index (χ0) is 14.3. The molecule has 1 unspecified atom stereocenters. The number of carbonyl (C=O) groups excluding carboxylic acids is 2. The number of carboxylic acid groups (broad SMARTS) is 1. The fraction of sp³-hybridized carbons (Fsp3) is 0.769. The van der Waals surface area contributed by atoms with Gasteiger partial charge in [-0.25, -0.2) is 4.79 Å². The van der Waals surface area contributed by atoms with Crippen molar-refractivity contribution in [3.8, 4) is 0 Å². The maximum absolute atomic E-state index is 12.0. The summed E-state index contributed by atoms with van der Waals surface area (Å²) in [5, 5.41) is 11.8. The van der Waals surface area contributed by atoms with Crippen molar-refractivity contribution in [2.45, 2.75) is 51.5 Å². The van der Waals surface area contributed by atoms with Gasteiger partial charge in [-0.3, -0.25) is 9.59 Å². The first kappa shape index (κ1) is 15.5. The monoisotopic (exact) mass is 270 g/mol. The Morgan fingerprint density at radius 2 is 2.00 bits per heavy atom. The van der Waals surface area contributed by atoms with Gasteiger partial charge in [-0.05, 0) is 32.6 Å². The third-order valence-corrected chi connectivity index (χ3v) is 3.28. The van der Waals surface area contributed by atoms with Gasteiger partial charge >= 0.3 is 5.97 Å². The van der Waals surface area contributed by atoms with E-state index in [0.717, 1.165) is 12.8 Å². The molecule has 0 saturated carbocycles. The number of carbonyl (C=O) groups is 3. The van der Waals surface area contributed by atoms with E-state index >= 15 is 0 Å². The van der Waals surface area contributed by atoms with Crippen molar-refractivity contribution in [3.05, 3.63) is 0 Å². The van der Waals surface area contributed by atoms with Crippen LogP contribution in [0.2, 0.25) is 0 Å². The van der Waals surface area contributed by atoms with Gasteiger partial charge in [-0.1, -0.05) is 0 Å². The number of piperidine rings is 1. The number of likely N-dealkylation sites (tertiary alicyclic amines) is 1. The zero-order valence-electron chi connectivity index (χ0n) is 11.4. The molecular weight excluding hydrogens is 248 g/mol. The van der Waals surface area contributed by atoms with Gasteiger partial charge in [0.15, 0.2) is 0 Å². The molecule has 0 spiro atoms. The smallest absolute Gasteiger partial charge is 0.326 e. The normalized spacial score (nSPS) is 19.0. The van der Waals surface area contributed by atoms with Crippen LogP contribution < -0.4 is 5.32 Å². The summed E-state index contributed by atoms with van der Waals surface area (Å²) in [5.74, 6) is -1.16. The van der Waals surface area contributed by atoms with Crippen LogP contribution in [0.15, 0.2) is 0 Å². The van der Waals surface area contributed by atoms with Crippen LogP contribution >= 0.6 is 0 Å². The average molecular weight is 270 g/mol. The summed E-state index contributed by atoms with van der Waals surface area (Å²) in [6.45, 7) is 2.94. The Kier molecular flexibility index (Phi) is 6.32. The van der Waals surface area contributed by atoms with Gasteiger partial charge in [-0.2, -0.15) is 0 Å². The number of hydrogen-bond acceptors (Lipinski definition) is 3. The SMILES string of the molecule is CCNC(=O)CCCC(=O)N1CCCCC1C(=O)O. The van der Waals surface area contributed by atoms with Crippen LogP contribution in [0.4, 0.5) is 0 Å². The van der Waals surface area contributed by atoms with Gasteiger partial charge < -0.3 is 15.3 Å². The molecule has 1 rings (SSSR count). The van der Waals surface area contributed by atoms with E-state index in [1.54, 1.807) is 0 Å². The maximum atomic E-state index is 12.0. The molecule has 1 aliphatic rings. The molecule has 0 aliphatic carbocycles. The quantitative estimate of drug-likeness (QED) is 0.746. The Balaban J connectivity index is 2.38. The fourth-order valence-corrected chi connectivity index (χ4v) is 2.32. The number of hydrogen-bond donors (Lipinski definition) is 2. The van der Waals surface area contributed by atoms with Gasteiger partial charge in [-0.15, -0.1) is 0 Å². The van der Waals surface area contributed by atoms with E-state index in [2.05, 4.69) is 5.32 Å². The van der Waals surface area contributed by atoms with Crippen LogP contribution in [0, 0.1) is 0 Å². The van der Waals surface area contributed by atoms with Gasteiger partial charge in [0.05, 0.1) is 0 Å². The van der Waals surface area contributed by atoms with E-state index < -0.39 is 12.0 Å². The van der Waals surface area contributed by atoms with Gasteiger partial charge in [0.25, 0.3) is 0 Å². The first-order valence-corrected chi connectivity index (χ1v) is 6.85. The summed E-state index contributed by atoms with van der Waals surface area (Å²) in [6, 6.07) is -0.689. The molecule has 19 heavy (non-hydrogen) atoms. The molecule has 1 heterocycles. The first-order chi connectivity index (χ1) is 9.06. The lowest BCUT2D eigenvalue weighted by molar-refractivity contribution is -0.152. The molecule has 2 amide bonds. The Labute approximate surface area is 113 Å². The van der Waals surface area contributed by atoms with Gasteiger partial charge in [0.2, 0.25) is 11.8 Å². The number of nitrogens with one attached hydrogen (secondary N) is 1. The van der Waals surface area contributed by atoms with E-state index in [0.29, 0.717) is 32.4 Å². The predicted octanol–water partition coefficient (Wildman–Crippen LogP) is 0.758. The summed E-state index contributed by atoms with van der Waals surface area (Å²) in [7, 11) is 0. The van der Waals surface area contributed by atoms with Crippen molar-refractivity contribution in [1.29, 1.82) is 0 Å². The van der Waals surface area contributed by atoms with Crippen LogP contribution in [0.1, 0.15) is 45.4 Å². The van der Waals surface area contributed by atoms with Crippen molar-refractivity contribution >= 4 is 17.8 Å². The van der Waals surface area contributed by atoms with E-state index in [4.69, 9.17) is 5.11 Å². The van der Waals surface area contributed by atoms with E-state index in [1.165, 1.54) is 4.90 Å². The molecule has 6 heteroatoms. The Morgan fingerprint density at radius 1 is 1.26 bits per heavy atom. The molecule has 0 aromatic heterocycles. The average Bonchev–Trinajstić information content (AvgIpc) is 2.38. The summed E-state index contributed by atoms with van der Waals surface area (Å²) in [5.41, 5.74) is 0. The molecule has 1 atom stereocenters. The number of nitrogens with zero attached hydrogens (tertiary/aromatic N) is 1. The summed E-state index contributed by atoms with van der Waals surface area (Å²) in [4.78, 5) is 35.8. The molecule has 0 aromatic carbocycles. The molecule has 1 aliphatic heterocycles. The highest BCUT2D eigenvalue weighted by atomic mass is 16.4. The van der Waals surface area contributed by atoms with E-state index in [-0.39, 0.29) is 18.2 Å². The lowest BCUT2D eigenvalue weighted by atomic mass is 10.0. The molecule has 0 aromatic rings. The molecule has 6 nitrogen and oxygen atoms in total. The van der Waals surface area contributed by atoms with Crippen LogP contribution in [-0.2, 0) is 14.4 Å². The molecule has 1 fully saturated rings. The van der Waals surface area contributed by atoms with E-state index in [1.807, 2.05) is 6.92 Å². The lowest BCUT2D eigenvalue weighted by Crippen LogP contribution is -2.47. The van der Waals surface area contributed by atoms with Crippen LogP contribution in [0.25, 0.3) is 0 Å². The zero-order valence-corrected chi connectivity index (χ0v) is 11.4. The van der Waals surface area contributed by atoms with Gasteiger partial charge in [0.1, 0.15) is 6.04 Å². The fourth-order valence-electron chi connectivity index (χ4n) is 2.32. The van der Waals surface area contributed by atoms with Crippen molar-refractivity contribution in [2.24, 2.45) is 0 Å². The Hall–Kier alpha value is -1.59. The third kappa shape index (κ3) is 4.89. The lowest BCUT2D eigenvalue weighted by Gasteiger charge is -2.33. The number of amides is 2. The second-order valence-electron chi connectivity index (χ2n) is 4.74. The number of rotatable bonds is 6. The summed E-state index contributed by atoms with van der Waals surface area (Å²) >= 11 is 0. The predicted molar refractivity (Wildman–Crippen MR) is 69.5 cm³/mol. The maximum Gasteiger partial charge on any atom is 0.326 e. The Bertz CT molecular complexity index is 344. The highest BCUT2D eigenvalue weighted by Gasteiger charge is 2.31. The second kappa shape index (κ2) is 7.76. The minimum atomic E-state index is -0.934. The topological polar surface area (TPSA) is 86.7 Å². The largest absolute Gasteiger partial charge is 0.480 e. The minimum absolute atomic E-state index is 0.0660. The molecule has 0 radical (unpaired) electrons. The highest BCUT2D eigenvalue weighted by molar-refractivity contribution is 5.84. The molecular formula is C13H22N2O4. The summed E-state index contributed by atoms with van der Waals surface area (Å²) < 4.78 is 0. The van der Waals surface area contributed by atoms with Crippen molar-refractivity contribution < 1.29 is 19.5 Å². The van der Waals surface area contributed by atoms with Gasteiger partial charge in [0, 0.05) is 25.9 Å². The van der Waals surface area contributed by atoms with Crippen molar-refractivity contribution in [3.63, 3.8) is 0 Å². The van der Waals surface area contributed by atoms with Crippen molar-refractivity contribution in [1.82, 2.24) is 10.2 Å². The molecule has 2 N–H and O–H groups in total.